The van der Waals surface area contributed by atoms with Gasteiger partial charge in [-0.05, 0) is 6.92 Å². The molecule has 0 bridgehead atoms. The van der Waals surface area contributed by atoms with Crippen LogP contribution in [0.25, 0.3) is 0 Å². The lowest BCUT2D eigenvalue weighted by Gasteiger charge is -2.19. The quantitative estimate of drug-likeness (QED) is 0.283. The molecule has 0 aromatic heterocycles. The van der Waals surface area contributed by atoms with Gasteiger partial charge in [0.25, 0.3) is 6.43 Å². The van der Waals surface area contributed by atoms with Gasteiger partial charge in [-0.2, -0.15) is 0 Å². The van der Waals surface area contributed by atoms with Crippen LogP contribution in [0.3, 0.4) is 0 Å². The van der Waals surface area contributed by atoms with Gasteiger partial charge in [-0.1, -0.05) is 0 Å². The molecule has 14 heavy (non-hydrogen) atoms. The van der Waals surface area contributed by atoms with Crippen molar-refractivity contribution in [3.05, 3.63) is 11.9 Å². The molecule has 0 aromatic rings. The third-order valence-electron chi connectivity index (χ3n) is 1.29. The van der Waals surface area contributed by atoms with E-state index in [1.807, 2.05) is 0 Å². The fourth-order valence-electron chi connectivity index (χ4n) is 0.733. The molecule has 0 saturated carbocycles. The second-order valence-corrected chi connectivity index (χ2v) is 2.32. The summed E-state index contributed by atoms with van der Waals surface area (Å²) in [6.07, 6.45) is -1.82. The predicted molar refractivity (Wildman–Crippen MR) is 45.8 cm³/mol. The smallest absolute Gasteiger partial charge is 0.357 e. The first-order valence-corrected chi connectivity index (χ1v) is 3.92. The van der Waals surface area contributed by atoms with Gasteiger partial charge in [0.2, 0.25) is 0 Å². The van der Waals surface area contributed by atoms with E-state index in [2.05, 4.69) is 4.74 Å². The van der Waals surface area contributed by atoms with Crippen LogP contribution in [0.15, 0.2) is 11.9 Å². The Kier molecular flexibility index (Phi) is 5.54. The number of rotatable bonds is 5. The Morgan fingerprint density at radius 3 is 2.57 bits per heavy atom. The molecule has 0 aliphatic heterocycles. The molecule has 0 radical (unpaired) electrons. The SMILES string of the molecule is CCOC(=O)/C(=C/N)N(N)CC(F)F. The zero-order valence-electron chi connectivity index (χ0n) is 7.74. The van der Waals surface area contributed by atoms with E-state index in [0.717, 1.165) is 6.20 Å². The lowest BCUT2D eigenvalue weighted by molar-refractivity contribution is -0.140. The number of hydrogen-bond donors (Lipinski definition) is 2. The first kappa shape index (κ1) is 12.6. The Bertz CT molecular complexity index is 221. The number of alkyl halides is 2. The van der Waals surface area contributed by atoms with Gasteiger partial charge in [-0.3, -0.25) is 5.01 Å². The number of ether oxygens (including phenoxy) is 1. The Morgan fingerprint density at radius 2 is 2.21 bits per heavy atom. The minimum absolute atomic E-state index is 0.124. The Morgan fingerprint density at radius 1 is 1.64 bits per heavy atom. The van der Waals surface area contributed by atoms with E-state index in [4.69, 9.17) is 11.6 Å². The number of carbonyl (C=O) groups excluding carboxylic acids is 1. The number of carbonyl (C=O) groups is 1. The van der Waals surface area contributed by atoms with Crippen molar-refractivity contribution in [2.24, 2.45) is 11.6 Å². The average Bonchev–Trinajstić information content (AvgIpc) is 2.04. The monoisotopic (exact) mass is 209 g/mol. The fourth-order valence-corrected chi connectivity index (χ4v) is 0.733. The van der Waals surface area contributed by atoms with E-state index in [1.54, 1.807) is 6.92 Å². The number of esters is 1. The van der Waals surface area contributed by atoms with Crippen LogP contribution in [0.1, 0.15) is 6.92 Å². The largest absolute Gasteiger partial charge is 0.461 e. The van der Waals surface area contributed by atoms with Gasteiger partial charge in [-0.15, -0.1) is 0 Å². The normalized spacial score (nSPS) is 11.6. The molecule has 7 heteroatoms. The van der Waals surface area contributed by atoms with Crippen molar-refractivity contribution in [1.82, 2.24) is 5.01 Å². The van der Waals surface area contributed by atoms with Gasteiger partial charge in [-0.25, -0.2) is 19.4 Å². The van der Waals surface area contributed by atoms with Gasteiger partial charge >= 0.3 is 5.97 Å². The van der Waals surface area contributed by atoms with Gasteiger partial charge in [0.1, 0.15) is 0 Å². The number of halogens is 2. The summed E-state index contributed by atoms with van der Waals surface area (Å²) in [4.78, 5) is 11.1. The van der Waals surface area contributed by atoms with Crippen LogP contribution in [0, 0.1) is 0 Å². The van der Waals surface area contributed by atoms with Crippen molar-refractivity contribution in [1.29, 1.82) is 0 Å². The van der Waals surface area contributed by atoms with Gasteiger partial charge in [0.15, 0.2) is 5.70 Å². The Labute approximate surface area is 80.3 Å². The molecule has 0 aliphatic carbocycles. The summed E-state index contributed by atoms with van der Waals surface area (Å²) in [6.45, 7) is 0.931. The molecular weight excluding hydrogens is 196 g/mol. The molecule has 0 amide bonds. The Hall–Kier alpha value is -1.37. The molecule has 0 spiro atoms. The van der Waals surface area contributed by atoms with Crippen molar-refractivity contribution >= 4 is 5.97 Å². The van der Waals surface area contributed by atoms with Crippen LogP contribution in [0.5, 0.6) is 0 Å². The molecule has 0 aromatic carbocycles. The molecule has 4 N–H and O–H groups in total. The van der Waals surface area contributed by atoms with Crippen molar-refractivity contribution < 1.29 is 18.3 Å². The summed E-state index contributed by atoms with van der Waals surface area (Å²) in [5, 5.41) is 0.558. The third-order valence-corrected chi connectivity index (χ3v) is 1.29. The molecule has 0 heterocycles. The summed E-state index contributed by atoms with van der Waals surface area (Å²) in [6, 6.07) is 0. The van der Waals surface area contributed by atoms with Crippen molar-refractivity contribution in [2.45, 2.75) is 13.3 Å². The molecule has 0 saturated heterocycles. The maximum Gasteiger partial charge on any atom is 0.357 e. The van der Waals surface area contributed by atoms with E-state index >= 15 is 0 Å². The van der Waals surface area contributed by atoms with E-state index in [9.17, 15) is 13.6 Å². The number of nitrogens with zero attached hydrogens (tertiary/aromatic N) is 1. The van der Waals surface area contributed by atoms with Crippen molar-refractivity contribution in [3.8, 4) is 0 Å². The fraction of sp³-hybridized carbons (Fsp3) is 0.571. The highest BCUT2D eigenvalue weighted by atomic mass is 19.3. The molecule has 0 unspecified atom stereocenters. The van der Waals surface area contributed by atoms with Gasteiger partial charge in [0.05, 0.1) is 13.2 Å². The average molecular weight is 209 g/mol. The molecule has 0 fully saturated rings. The first-order valence-electron chi connectivity index (χ1n) is 3.92. The maximum absolute atomic E-state index is 11.9. The summed E-state index contributed by atoms with van der Waals surface area (Å²) in [5.74, 6) is 4.34. The topological polar surface area (TPSA) is 81.6 Å². The van der Waals surface area contributed by atoms with E-state index in [-0.39, 0.29) is 12.3 Å². The predicted octanol–water partition coefficient (Wildman–Crippen LogP) is -0.210. The van der Waals surface area contributed by atoms with Crippen LogP contribution in [-0.4, -0.2) is 30.6 Å². The summed E-state index contributed by atoms with van der Waals surface area (Å²) in [7, 11) is 0. The van der Waals surface area contributed by atoms with E-state index in [1.165, 1.54) is 0 Å². The van der Waals surface area contributed by atoms with Gasteiger partial charge < -0.3 is 10.5 Å². The lowest BCUT2D eigenvalue weighted by Crippen LogP contribution is -2.38. The standard InChI is InChI=1S/C7H13F2N3O2/c1-2-14-7(13)5(3-10)12(11)4-6(8)9/h3,6H,2,4,10-11H2,1H3/b5-3-. The first-order chi connectivity index (χ1) is 6.52. The number of hydrazine groups is 1. The summed E-state index contributed by atoms with van der Waals surface area (Å²) in [5.41, 5.74) is 4.77. The minimum Gasteiger partial charge on any atom is -0.461 e. The van der Waals surface area contributed by atoms with Crippen LogP contribution >= 0.6 is 0 Å². The van der Waals surface area contributed by atoms with Gasteiger partial charge in [0, 0.05) is 6.20 Å². The molecule has 5 nitrogen and oxygen atoms in total. The zero-order chi connectivity index (χ0) is 11.1. The second kappa shape index (κ2) is 6.14. The highest BCUT2D eigenvalue weighted by Gasteiger charge is 2.18. The number of hydrogen-bond acceptors (Lipinski definition) is 5. The zero-order valence-corrected chi connectivity index (χ0v) is 7.74. The highest BCUT2D eigenvalue weighted by Crippen LogP contribution is 2.03. The highest BCUT2D eigenvalue weighted by molar-refractivity contribution is 5.87. The molecular formula is C7H13F2N3O2. The summed E-state index contributed by atoms with van der Waals surface area (Å²) < 4.78 is 28.3. The van der Waals surface area contributed by atoms with E-state index in [0.29, 0.717) is 5.01 Å². The minimum atomic E-state index is -2.65. The van der Waals surface area contributed by atoms with Crippen LogP contribution in [0.2, 0.25) is 0 Å². The Balaban J connectivity index is 4.34. The van der Waals surface area contributed by atoms with E-state index < -0.39 is 18.9 Å². The summed E-state index contributed by atoms with van der Waals surface area (Å²) >= 11 is 0. The van der Waals surface area contributed by atoms with Crippen LogP contribution in [-0.2, 0) is 9.53 Å². The maximum atomic E-state index is 11.9. The molecule has 82 valence electrons. The molecule has 0 rings (SSSR count). The molecule has 0 atom stereocenters. The third kappa shape index (κ3) is 4.04. The van der Waals surface area contributed by atoms with Crippen LogP contribution in [0.4, 0.5) is 8.78 Å². The van der Waals surface area contributed by atoms with Crippen molar-refractivity contribution in [3.63, 3.8) is 0 Å². The lowest BCUT2D eigenvalue weighted by atomic mass is 10.4. The second-order valence-electron chi connectivity index (χ2n) is 2.32. The van der Waals surface area contributed by atoms with Crippen molar-refractivity contribution in [2.75, 3.05) is 13.2 Å². The van der Waals surface area contributed by atoms with Crippen LogP contribution < -0.4 is 11.6 Å². The number of nitrogens with two attached hydrogens (primary N) is 2. The molecule has 0 aliphatic rings.